The summed E-state index contributed by atoms with van der Waals surface area (Å²) >= 11 is 0. The molecule has 0 unspecified atom stereocenters. The Hall–Kier alpha value is -0.860. The molecule has 0 aromatic rings. The van der Waals surface area contributed by atoms with E-state index in [2.05, 4.69) is 10.9 Å². The molecule has 0 aliphatic carbocycles. The summed E-state index contributed by atoms with van der Waals surface area (Å²) in [5.74, 6) is 4.64. The quantitative estimate of drug-likeness (QED) is 0.203. The standard InChI is InChI=1S/C3H6N2O/c1-3(2-6)5-4/h2H,4H2,1H3/b5-3+. The third kappa shape index (κ3) is 1.46. The summed E-state index contributed by atoms with van der Waals surface area (Å²) in [6.07, 6.45) is 0.597. The molecule has 0 aromatic heterocycles. The maximum Gasteiger partial charge on any atom is 0.165 e. The van der Waals surface area contributed by atoms with Crippen molar-refractivity contribution < 1.29 is 4.79 Å². The Morgan fingerprint density at radius 2 is 2.50 bits per heavy atom. The molecule has 0 aliphatic heterocycles. The fraction of sp³-hybridized carbons (Fsp3) is 0.333. The predicted octanol–water partition coefficient (Wildman–Crippen LogP) is -0.480. The van der Waals surface area contributed by atoms with Crippen LogP contribution >= 0.6 is 0 Å². The lowest BCUT2D eigenvalue weighted by Gasteiger charge is -1.73. The Kier molecular flexibility index (Phi) is 2.04. The van der Waals surface area contributed by atoms with E-state index in [0.29, 0.717) is 12.0 Å². The highest BCUT2D eigenvalue weighted by molar-refractivity contribution is 6.26. The Labute approximate surface area is 35.8 Å². The van der Waals surface area contributed by atoms with Crippen molar-refractivity contribution in [1.82, 2.24) is 0 Å². The first-order valence-corrected chi connectivity index (χ1v) is 1.51. The SMILES string of the molecule is C/C(C=O)=N\N. The van der Waals surface area contributed by atoms with Crippen LogP contribution < -0.4 is 5.84 Å². The van der Waals surface area contributed by atoms with E-state index in [4.69, 9.17) is 0 Å². The van der Waals surface area contributed by atoms with Gasteiger partial charge in [0, 0.05) is 0 Å². The first-order valence-electron chi connectivity index (χ1n) is 1.51. The maximum absolute atomic E-state index is 9.53. The zero-order chi connectivity index (χ0) is 4.99. The fourth-order valence-electron chi connectivity index (χ4n) is 0.0304. The molecule has 0 aromatic carbocycles. The molecule has 0 amide bonds. The lowest BCUT2D eigenvalue weighted by atomic mass is 10.5. The maximum atomic E-state index is 9.53. The number of hydrogen-bond donors (Lipinski definition) is 1. The number of nitrogens with two attached hydrogens (primary N) is 1. The van der Waals surface area contributed by atoms with Crippen LogP contribution in [-0.4, -0.2) is 12.0 Å². The minimum absolute atomic E-state index is 0.315. The first kappa shape index (κ1) is 5.14. The predicted molar refractivity (Wildman–Crippen MR) is 23.4 cm³/mol. The molecule has 3 heteroatoms. The largest absolute Gasteiger partial charge is 0.323 e. The number of carbonyl (C=O) groups excluding carboxylic acids is 1. The lowest BCUT2D eigenvalue weighted by molar-refractivity contribution is -0.102. The minimum Gasteiger partial charge on any atom is -0.323 e. The van der Waals surface area contributed by atoms with Crippen LogP contribution in [0.4, 0.5) is 0 Å². The van der Waals surface area contributed by atoms with E-state index in [9.17, 15) is 4.79 Å². The molecule has 34 valence electrons. The zero-order valence-corrected chi connectivity index (χ0v) is 3.51. The number of hydrazone groups is 1. The van der Waals surface area contributed by atoms with Crippen LogP contribution in [0.2, 0.25) is 0 Å². The van der Waals surface area contributed by atoms with Gasteiger partial charge in [-0.2, -0.15) is 5.10 Å². The Morgan fingerprint density at radius 1 is 2.00 bits per heavy atom. The second-order valence-electron chi connectivity index (χ2n) is 0.888. The van der Waals surface area contributed by atoms with Gasteiger partial charge in [0.15, 0.2) is 6.29 Å². The monoisotopic (exact) mass is 86.0 g/mol. The zero-order valence-electron chi connectivity index (χ0n) is 3.51. The molecule has 2 N–H and O–H groups in total. The highest BCUT2D eigenvalue weighted by Crippen LogP contribution is 1.57. The molecular formula is C3H6N2O. The van der Waals surface area contributed by atoms with Gasteiger partial charge in [-0.1, -0.05) is 0 Å². The third-order valence-electron chi connectivity index (χ3n) is 0.374. The molecule has 0 radical (unpaired) electrons. The summed E-state index contributed by atoms with van der Waals surface area (Å²) in [5.41, 5.74) is 0.315. The van der Waals surface area contributed by atoms with Crippen molar-refractivity contribution in [1.29, 1.82) is 0 Å². The van der Waals surface area contributed by atoms with Crippen molar-refractivity contribution in [2.24, 2.45) is 10.9 Å². The molecule has 0 rings (SSSR count). The molecular weight excluding hydrogens is 80.0 g/mol. The van der Waals surface area contributed by atoms with E-state index in [1.165, 1.54) is 6.92 Å². The van der Waals surface area contributed by atoms with E-state index in [-0.39, 0.29) is 0 Å². The molecule has 6 heavy (non-hydrogen) atoms. The average molecular weight is 86.1 g/mol. The van der Waals surface area contributed by atoms with Crippen LogP contribution in [0, 0.1) is 0 Å². The topological polar surface area (TPSA) is 55.5 Å². The molecule has 0 saturated heterocycles. The second kappa shape index (κ2) is 2.38. The summed E-state index contributed by atoms with van der Waals surface area (Å²) in [5, 5.41) is 3.06. The van der Waals surface area contributed by atoms with Crippen LogP contribution in [-0.2, 0) is 4.79 Å². The van der Waals surface area contributed by atoms with Gasteiger partial charge < -0.3 is 5.84 Å². The van der Waals surface area contributed by atoms with E-state index < -0.39 is 0 Å². The van der Waals surface area contributed by atoms with Crippen molar-refractivity contribution >= 4 is 12.0 Å². The van der Waals surface area contributed by atoms with E-state index in [0.717, 1.165) is 0 Å². The number of rotatable bonds is 1. The first-order chi connectivity index (χ1) is 2.81. The van der Waals surface area contributed by atoms with E-state index in [1.807, 2.05) is 0 Å². The summed E-state index contributed by atoms with van der Waals surface area (Å²) < 4.78 is 0. The minimum atomic E-state index is 0.315. The van der Waals surface area contributed by atoms with Gasteiger partial charge in [-0.3, -0.25) is 4.79 Å². The average Bonchev–Trinajstić information content (AvgIpc) is 1.65. The van der Waals surface area contributed by atoms with Crippen molar-refractivity contribution in [2.45, 2.75) is 6.92 Å². The van der Waals surface area contributed by atoms with Gasteiger partial charge in [-0.15, -0.1) is 0 Å². The summed E-state index contributed by atoms with van der Waals surface area (Å²) in [7, 11) is 0. The highest BCUT2D eigenvalue weighted by atomic mass is 16.1. The van der Waals surface area contributed by atoms with Crippen molar-refractivity contribution in [3.05, 3.63) is 0 Å². The molecule has 0 heterocycles. The second-order valence-corrected chi connectivity index (χ2v) is 0.888. The fourth-order valence-corrected chi connectivity index (χ4v) is 0.0304. The number of aldehydes is 1. The van der Waals surface area contributed by atoms with Crippen LogP contribution in [0.5, 0.6) is 0 Å². The third-order valence-corrected chi connectivity index (χ3v) is 0.374. The highest BCUT2D eigenvalue weighted by Gasteiger charge is 1.75. The Morgan fingerprint density at radius 3 is 2.50 bits per heavy atom. The number of carbonyl (C=O) groups is 1. The Balaban J connectivity index is 3.50. The van der Waals surface area contributed by atoms with E-state index >= 15 is 0 Å². The smallest absolute Gasteiger partial charge is 0.165 e. The summed E-state index contributed by atoms with van der Waals surface area (Å²) in [6, 6.07) is 0. The summed E-state index contributed by atoms with van der Waals surface area (Å²) in [6.45, 7) is 1.53. The Bertz CT molecular complexity index is 76.9. The van der Waals surface area contributed by atoms with Crippen LogP contribution in [0.1, 0.15) is 6.92 Å². The van der Waals surface area contributed by atoms with Crippen molar-refractivity contribution in [3.63, 3.8) is 0 Å². The molecule has 0 atom stereocenters. The molecule has 0 saturated carbocycles. The van der Waals surface area contributed by atoms with Gasteiger partial charge in [0.2, 0.25) is 0 Å². The lowest BCUT2D eigenvalue weighted by Crippen LogP contribution is -1.95. The van der Waals surface area contributed by atoms with Gasteiger partial charge in [0.1, 0.15) is 0 Å². The normalized spacial score (nSPS) is 11.2. The molecule has 0 spiro atoms. The van der Waals surface area contributed by atoms with Gasteiger partial charge in [0.25, 0.3) is 0 Å². The number of hydrogen-bond acceptors (Lipinski definition) is 3. The van der Waals surface area contributed by atoms with Gasteiger partial charge in [0.05, 0.1) is 5.71 Å². The molecule has 0 fully saturated rings. The van der Waals surface area contributed by atoms with Crippen LogP contribution in [0.15, 0.2) is 5.10 Å². The number of nitrogens with zero attached hydrogens (tertiary/aromatic N) is 1. The van der Waals surface area contributed by atoms with Crippen molar-refractivity contribution in [2.75, 3.05) is 0 Å². The van der Waals surface area contributed by atoms with Crippen LogP contribution in [0.3, 0.4) is 0 Å². The van der Waals surface area contributed by atoms with Gasteiger partial charge in [-0.25, -0.2) is 0 Å². The van der Waals surface area contributed by atoms with Crippen molar-refractivity contribution in [3.8, 4) is 0 Å². The van der Waals surface area contributed by atoms with Gasteiger partial charge >= 0.3 is 0 Å². The van der Waals surface area contributed by atoms with E-state index in [1.54, 1.807) is 0 Å². The molecule has 3 nitrogen and oxygen atoms in total. The molecule has 0 bridgehead atoms. The van der Waals surface area contributed by atoms with Gasteiger partial charge in [-0.05, 0) is 6.92 Å². The summed E-state index contributed by atoms with van der Waals surface area (Å²) in [4.78, 5) is 9.53. The molecule has 0 aliphatic rings. The van der Waals surface area contributed by atoms with Crippen LogP contribution in [0.25, 0.3) is 0 Å².